The monoisotopic (exact) mass is 279 g/mol. The van der Waals surface area contributed by atoms with Crippen LogP contribution >= 0.6 is 0 Å². The molecule has 0 aromatic carbocycles. The summed E-state index contributed by atoms with van der Waals surface area (Å²) in [7, 11) is 3.77. The molecule has 110 valence electrons. The van der Waals surface area contributed by atoms with Crippen LogP contribution in [-0.4, -0.2) is 52.3 Å². The van der Waals surface area contributed by atoms with Gasteiger partial charge in [-0.1, -0.05) is 0 Å². The van der Waals surface area contributed by atoms with E-state index in [1.165, 1.54) is 0 Å². The number of nitrogens with two attached hydrogens (primary N) is 1. The van der Waals surface area contributed by atoms with Crippen LogP contribution in [0.2, 0.25) is 0 Å². The summed E-state index contributed by atoms with van der Waals surface area (Å²) in [6.07, 6.45) is 3.52. The maximum Gasteiger partial charge on any atom is 0.243 e. The summed E-state index contributed by atoms with van der Waals surface area (Å²) in [5.74, 6) is 7.04. The lowest BCUT2D eigenvalue weighted by atomic mass is 10.0. The standard InChI is InChI=1S/C12H21N7O/c1-18(2)11-14-10(17-13)15-12(16-11)19-7-3-4-8(19)6-9(20)5-7/h7-9,20H,3-6,13H2,1-2H3,(H,14,15,16,17). The predicted molar refractivity (Wildman–Crippen MR) is 76.5 cm³/mol. The maximum absolute atomic E-state index is 9.88. The molecule has 0 aliphatic carbocycles. The van der Waals surface area contributed by atoms with Gasteiger partial charge in [0.2, 0.25) is 17.8 Å². The van der Waals surface area contributed by atoms with Crippen molar-refractivity contribution in [2.45, 2.75) is 43.9 Å². The lowest BCUT2D eigenvalue weighted by molar-refractivity contribution is 0.125. The summed E-state index contributed by atoms with van der Waals surface area (Å²) in [6.45, 7) is 0. The van der Waals surface area contributed by atoms with Crippen molar-refractivity contribution < 1.29 is 5.11 Å². The number of aromatic nitrogens is 3. The molecule has 0 amide bonds. The molecule has 0 saturated carbocycles. The Morgan fingerprint density at radius 1 is 1.20 bits per heavy atom. The first-order chi connectivity index (χ1) is 9.58. The average molecular weight is 279 g/mol. The molecule has 8 nitrogen and oxygen atoms in total. The van der Waals surface area contributed by atoms with Crippen LogP contribution in [0.5, 0.6) is 0 Å². The molecule has 1 aromatic heterocycles. The molecule has 3 rings (SSSR count). The van der Waals surface area contributed by atoms with Gasteiger partial charge in [-0.2, -0.15) is 15.0 Å². The van der Waals surface area contributed by atoms with Crippen molar-refractivity contribution >= 4 is 17.8 Å². The predicted octanol–water partition coefficient (Wildman–Crippen LogP) is -0.285. The number of aliphatic hydroxyl groups is 1. The normalized spacial score (nSPS) is 28.6. The summed E-state index contributed by atoms with van der Waals surface area (Å²) in [5, 5.41) is 9.88. The van der Waals surface area contributed by atoms with Crippen LogP contribution in [0.15, 0.2) is 0 Å². The molecule has 2 atom stereocenters. The molecule has 0 radical (unpaired) electrons. The van der Waals surface area contributed by atoms with E-state index in [0.29, 0.717) is 29.9 Å². The van der Waals surface area contributed by atoms with Crippen LogP contribution in [0.3, 0.4) is 0 Å². The van der Waals surface area contributed by atoms with Crippen LogP contribution in [0, 0.1) is 0 Å². The molecule has 2 aliphatic heterocycles. The van der Waals surface area contributed by atoms with Crippen molar-refractivity contribution in [1.29, 1.82) is 0 Å². The van der Waals surface area contributed by atoms with E-state index in [1.54, 1.807) is 0 Å². The van der Waals surface area contributed by atoms with Gasteiger partial charge in [0, 0.05) is 26.2 Å². The van der Waals surface area contributed by atoms with Crippen molar-refractivity contribution in [1.82, 2.24) is 15.0 Å². The largest absolute Gasteiger partial charge is 0.393 e. The molecule has 4 N–H and O–H groups in total. The zero-order valence-corrected chi connectivity index (χ0v) is 11.8. The van der Waals surface area contributed by atoms with Crippen molar-refractivity contribution in [3.05, 3.63) is 0 Å². The van der Waals surface area contributed by atoms with E-state index in [1.807, 2.05) is 19.0 Å². The number of anilines is 3. The Morgan fingerprint density at radius 2 is 1.85 bits per heavy atom. The van der Waals surface area contributed by atoms with E-state index in [-0.39, 0.29) is 6.10 Å². The van der Waals surface area contributed by atoms with E-state index in [4.69, 9.17) is 5.84 Å². The quantitative estimate of drug-likeness (QED) is 0.512. The third-order valence-corrected chi connectivity index (χ3v) is 4.08. The first kappa shape index (κ1) is 13.3. The Balaban J connectivity index is 1.95. The van der Waals surface area contributed by atoms with Gasteiger partial charge >= 0.3 is 0 Å². The molecule has 2 aliphatic rings. The second-order valence-corrected chi connectivity index (χ2v) is 5.72. The van der Waals surface area contributed by atoms with Crippen LogP contribution in [-0.2, 0) is 0 Å². The summed E-state index contributed by atoms with van der Waals surface area (Å²) < 4.78 is 0. The molecular formula is C12H21N7O. The van der Waals surface area contributed by atoms with Crippen LogP contribution < -0.4 is 21.1 Å². The highest BCUT2D eigenvalue weighted by atomic mass is 16.3. The van der Waals surface area contributed by atoms with Crippen molar-refractivity contribution in [3.63, 3.8) is 0 Å². The number of hydrogen-bond acceptors (Lipinski definition) is 8. The van der Waals surface area contributed by atoms with E-state index < -0.39 is 0 Å². The summed E-state index contributed by atoms with van der Waals surface area (Å²) in [6, 6.07) is 0.624. The molecule has 2 unspecified atom stereocenters. The van der Waals surface area contributed by atoms with E-state index >= 15 is 0 Å². The third-order valence-electron chi connectivity index (χ3n) is 4.08. The minimum Gasteiger partial charge on any atom is -0.393 e. The molecule has 2 bridgehead atoms. The van der Waals surface area contributed by atoms with Crippen LogP contribution in [0.1, 0.15) is 25.7 Å². The minimum atomic E-state index is -0.203. The second kappa shape index (κ2) is 5.02. The zero-order chi connectivity index (χ0) is 14.3. The first-order valence-electron chi connectivity index (χ1n) is 6.95. The fraction of sp³-hybridized carbons (Fsp3) is 0.750. The van der Waals surface area contributed by atoms with Crippen molar-refractivity contribution in [2.24, 2.45) is 5.84 Å². The van der Waals surface area contributed by atoms with Gasteiger partial charge in [-0.25, -0.2) is 5.84 Å². The molecule has 0 spiro atoms. The second-order valence-electron chi connectivity index (χ2n) is 5.72. The van der Waals surface area contributed by atoms with Gasteiger partial charge in [0.05, 0.1) is 6.10 Å². The highest BCUT2D eigenvalue weighted by Gasteiger charge is 2.41. The molecule has 20 heavy (non-hydrogen) atoms. The number of nitrogens with one attached hydrogen (secondary N) is 1. The van der Waals surface area contributed by atoms with E-state index in [9.17, 15) is 5.11 Å². The summed E-state index contributed by atoms with van der Waals surface area (Å²) in [5.41, 5.74) is 2.50. The summed E-state index contributed by atoms with van der Waals surface area (Å²) in [4.78, 5) is 17.2. The van der Waals surface area contributed by atoms with E-state index in [0.717, 1.165) is 25.7 Å². The van der Waals surface area contributed by atoms with Gasteiger partial charge in [-0.15, -0.1) is 0 Å². The highest BCUT2D eigenvalue weighted by molar-refractivity contribution is 5.46. The molecule has 1 aromatic rings. The number of piperidine rings is 1. The van der Waals surface area contributed by atoms with Gasteiger partial charge in [-0.3, -0.25) is 5.43 Å². The Labute approximate surface area is 118 Å². The Hall–Kier alpha value is -1.67. The Bertz CT molecular complexity index is 481. The minimum absolute atomic E-state index is 0.203. The number of fused-ring (bicyclic) bond motifs is 2. The lowest BCUT2D eigenvalue weighted by Gasteiger charge is -2.37. The van der Waals surface area contributed by atoms with Gasteiger partial charge in [0.1, 0.15) is 0 Å². The molecule has 3 heterocycles. The first-order valence-corrected chi connectivity index (χ1v) is 6.95. The SMILES string of the molecule is CN(C)c1nc(NN)nc(N2C3CCC2CC(O)C3)n1. The maximum atomic E-state index is 9.88. The highest BCUT2D eigenvalue weighted by Crippen LogP contribution is 2.38. The smallest absolute Gasteiger partial charge is 0.243 e. The number of nitrogen functional groups attached to an aromatic ring is 1. The Kier molecular flexibility index (Phi) is 3.35. The van der Waals surface area contributed by atoms with Crippen LogP contribution in [0.4, 0.5) is 17.8 Å². The fourth-order valence-corrected chi connectivity index (χ4v) is 3.21. The molecule has 2 fully saturated rings. The van der Waals surface area contributed by atoms with Gasteiger partial charge in [-0.05, 0) is 25.7 Å². The zero-order valence-electron chi connectivity index (χ0n) is 11.8. The van der Waals surface area contributed by atoms with Gasteiger partial charge in [0.25, 0.3) is 0 Å². The molecule has 2 saturated heterocycles. The van der Waals surface area contributed by atoms with Gasteiger partial charge in [0.15, 0.2) is 0 Å². The summed E-state index contributed by atoms with van der Waals surface area (Å²) >= 11 is 0. The molecule has 8 heteroatoms. The average Bonchev–Trinajstić information content (AvgIpc) is 2.70. The number of aliphatic hydroxyl groups excluding tert-OH is 1. The van der Waals surface area contributed by atoms with Crippen molar-refractivity contribution in [2.75, 3.05) is 29.3 Å². The van der Waals surface area contributed by atoms with Crippen LogP contribution in [0.25, 0.3) is 0 Å². The molecular weight excluding hydrogens is 258 g/mol. The van der Waals surface area contributed by atoms with E-state index in [2.05, 4.69) is 25.3 Å². The number of hydrogen-bond donors (Lipinski definition) is 3. The lowest BCUT2D eigenvalue weighted by Crippen LogP contribution is -2.46. The number of hydrazine groups is 1. The topological polar surface area (TPSA) is 103 Å². The third kappa shape index (κ3) is 2.25. The number of nitrogens with zero attached hydrogens (tertiary/aromatic N) is 5. The van der Waals surface area contributed by atoms with Gasteiger partial charge < -0.3 is 14.9 Å². The fourth-order valence-electron chi connectivity index (χ4n) is 3.21. The Morgan fingerprint density at radius 3 is 2.40 bits per heavy atom. The van der Waals surface area contributed by atoms with Crippen molar-refractivity contribution in [3.8, 4) is 0 Å². The number of rotatable bonds is 3.